The van der Waals surface area contributed by atoms with E-state index in [1.165, 1.54) is 12.1 Å². The van der Waals surface area contributed by atoms with Crippen molar-refractivity contribution in [3.05, 3.63) is 63.2 Å². The number of hydrogen-bond acceptors (Lipinski definition) is 3. The standard InChI is InChI=1S/C16H17IN2O3S/c1-11(12-6-8-15(9-7-12)23(18,21)22)19(2)16(20)13-4-3-5-14(17)10-13/h3-11H,1-2H3,(H2,18,21,22)/t11-/m0/s1. The van der Waals surface area contributed by atoms with Crippen LogP contribution in [0.25, 0.3) is 0 Å². The summed E-state index contributed by atoms with van der Waals surface area (Å²) >= 11 is 2.16. The van der Waals surface area contributed by atoms with Gasteiger partial charge in [0.15, 0.2) is 0 Å². The van der Waals surface area contributed by atoms with Gasteiger partial charge in [0.2, 0.25) is 10.0 Å². The Morgan fingerprint density at radius 1 is 1.17 bits per heavy atom. The molecule has 7 heteroatoms. The second-order valence-electron chi connectivity index (χ2n) is 5.22. The lowest BCUT2D eigenvalue weighted by Crippen LogP contribution is -2.29. The number of hydrogen-bond donors (Lipinski definition) is 1. The van der Waals surface area contributed by atoms with E-state index in [1.54, 1.807) is 30.1 Å². The molecule has 0 unspecified atom stereocenters. The number of benzene rings is 2. The maximum absolute atomic E-state index is 12.5. The maximum Gasteiger partial charge on any atom is 0.254 e. The molecule has 0 saturated heterocycles. The number of sulfonamides is 1. The number of nitrogens with two attached hydrogens (primary N) is 1. The van der Waals surface area contributed by atoms with E-state index in [1.807, 2.05) is 25.1 Å². The Bertz CT molecular complexity index is 819. The minimum absolute atomic E-state index is 0.0556. The predicted molar refractivity (Wildman–Crippen MR) is 97.5 cm³/mol. The molecule has 2 aromatic carbocycles. The summed E-state index contributed by atoms with van der Waals surface area (Å²) in [7, 11) is -1.99. The average molecular weight is 444 g/mol. The molecule has 0 bridgehead atoms. The summed E-state index contributed by atoms with van der Waals surface area (Å²) in [6, 6.07) is 13.4. The highest BCUT2D eigenvalue weighted by Gasteiger charge is 2.19. The van der Waals surface area contributed by atoms with E-state index in [4.69, 9.17) is 5.14 Å². The van der Waals surface area contributed by atoms with Gasteiger partial charge < -0.3 is 4.90 Å². The topological polar surface area (TPSA) is 80.5 Å². The number of nitrogens with zero attached hydrogens (tertiary/aromatic N) is 1. The molecule has 0 aliphatic carbocycles. The van der Waals surface area contributed by atoms with Crippen LogP contribution in [0.3, 0.4) is 0 Å². The van der Waals surface area contributed by atoms with Crippen LogP contribution in [-0.4, -0.2) is 26.3 Å². The molecule has 5 nitrogen and oxygen atoms in total. The van der Waals surface area contributed by atoms with Gasteiger partial charge in [0.05, 0.1) is 10.9 Å². The third-order valence-corrected chi connectivity index (χ3v) is 5.26. The molecule has 122 valence electrons. The minimum Gasteiger partial charge on any atom is -0.335 e. The van der Waals surface area contributed by atoms with E-state index in [2.05, 4.69) is 22.6 Å². The van der Waals surface area contributed by atoms with Crippen LogP contribution in [0.15, 0.2) is 53.4 Å². The van der Waals surface area contributed by atoms with E-state index in [0.717, 1.165) is 9.13 Å². The Morgan fingerprint density at radius 2 is 1.78 bits per heavy atom. The van der Waals surface area contributed by atoms with Gasteiger partial charge in [0.25, 0.3) is 5.91 Å². The Balaban J connectivity index is 2.22. The monoisotopic (exact) mass is 444 g/mol. The minimum atomic E-state index is -3.71. The molecule has 0 aliphatic rings. The van der Waals surface area contributed by atoms with Crippen LogP contribution in [0.4, 0.5) is 0 Å². The molecule has 0 saturated carbocycles. The van der Waals surface area contributed by atoms with E-state index in [9.17, 15) is 13.2 Å². The van der Waals surface area contributed by atoms with Crippen molar-refractivity contribution in [2.24, 2.45) is 5.14 Å². The first-order chi connectivity index (χ1) is 10.7. The lowest BCUT2D eigenvalue weighted by atomic mass is 10.1. The van der Waals surface area contributed by atoms with Crippen molar-refractivity contribution in [2.45, 2.75) is 17.9 Å². The van der Waals surface area contributed by atoms with Crippen LogP contribution in [-0.2, 0) is 10.0 Å². The van der Waals surface area contributed by atoms with Crippen LogP contribution in [0.2, 0.25) is 0 Å². The highest BCUT2D eigenvalue weighted by molar-refractivity contribution is 14.1. The van der Waals surface area contributed by atoms with Gasteiger partial charge >= 0.3 is 0 Å². The molecule has 23 heavy (non-hydrogen) atoms. The van der Waals surface area contributed by atoms with Gasteiger partial charge in [-0.05, 0) is 65.4 Å². The van der Waals surface area contributed by atoms with Gasteiger partial charge in [-0.15, -0.1) is 0 Å². The van der Waals surface area contributed by atoms with Gasteiger partial charge in [-0.1, -0.05) is 18.2 Å². The highest BCUT2D eigenvalue weighted by Crippen LogP contribution is 2.22. The van der Waals surface area contributed by atoms with Crippen molar-refractivity contribution in [1.82, 2.24) is 4.90 Å². The van der Waals surface area contributed by atoms with Crippen LogP contribution < -0.4 is 5.14 Å². The zero-order valence-electron chi connectivity index (χ0n) is 12.7. The third kappa shape index (κ3) is 4.30. The summed E-state index contributed by atoms with van der Waals surface area (Å²) in [5, 5.41) is 5.09. The average Bonchev–Trinajstić information content (AvgIpc) is 2.52. The van der Waals surface area contributed by atoms with Crippen LogP contribution in [0, 0.1) is 3.57 Å². The number of carbonyl (C=O) groups excluding carboxylic acids is 1. The molecule has 0 spiro atoms. The Morgan fingerprint density at radius 3 is 2.30 bits per heavy atom. The first kappa shape index (κ1) is 17.9. The molecular formula is C16H17IN2O3S. The second kappa shape index (κ2) is 6.98. The first-order valence-corrected chi connectivity index (χ1v) is 9.48. The van der Waals surface area contributed by atoms with Crippen molar-refractivity contribution in [3.63, 3.8) is 0 Å². The zero-order chi connectivity index (χ0) is 17.2. The molecule has 1 amide bonds. The summed E-state index contributed by atoms with van der Waals surface area (Å²) in [6.07, 6.45) is 0. The van der Waals surface area contributed by atoms with Gasteiger partial charge in [0.1, 0.15) is 0 Å². The van der Waals surface area contributed by atoms with Crippen molar-refractivity contribution in [1.29, 1.82) is 0 Å². The van der Waals surface area contributed by atoms with Gasteiger partial charge in [-0.3, -0.25) is 4.79 Å². The molecule has 2 aromatic rings. The van der Waals surface area contributed by atoms with Crippen molar-refractivity contribution < 1.29 is 13.2 Å². The molecule has 0 heterocycles. The van der Waals surface area contributed by atoms with E-state index >= 15 is 0 Å². The largest absolute Gasteiger partial charge is 0.335 e. The molecule has 0 fully saturated rings. The molecule has 2 N–H and O–H groups in total. The van der Waals surface area contributed by atoms with Gasteiger partial charge in [-0.2, -0.15) is 0 Å². The molecule has 0 radical (unpaired) electrons. The van der Waals surface area contributed by atoms with Crippen LogP contribution in [0.1, 0.15) is 28.9 Å². The Kier molecular flexibility index (Phi) is 5.43. The van der Waals surface area contributed by atoms with Crippen molar-refractivity contribution in [3.8, 4) is 0 Å². The third-order valence-electron chi connectivity index (χ3n) is 3.66. The van der Waals surface area contributed by atoms with E-state index in [-0.39, 0.29) is 16.8 Å². The molecule has 2 rings (SSSR count). The number of rotatable bonds is 4. The quantitative estimate of drug-likeness (QED) is 0.737. The SMILES string of the molecule is C[C@@H](c1ccc(S(N)(=O)=O)cc1)N(C)C(=O)c1cccc(I)c1. The maximum atomic E-state index is 12.5. The van der Waals surface area contributed by atoms with E-state index < -0.39 is 10.0 Å². The molecular weight excluding hydrogens is 427 g/mol. The summed E-state index contributed by atoms with van der Waals surface area (Å²) < 4.78 is 23.6. The lowest BCUT2D eigenvalue weighted by Gasteiger charge is -2.25. The fourth-order valence-electron chi connectivity index (χ4n) is 2.16. The fourth-order valence-corrected chi connectivity index (χ4v) is 3.22. The normalized spacial score (nSPS) is 12.7. The molecule has 1 atom stereocenters. The van der Waals surface area contributed by atoms with Gasteiger partial charge in [-0.25, -0.2) is 13.6 Å². The van der Waals surface area contributed by atoms with Crippen LogP contribution >= 0.6 is 22.6 Å². The highest BCUT2D eigenvalue weighted by atomic mass is 127. The molecule has 0 aromatic heterocycles. The number of amides is 1. The summed E-state index contributed by atoms with van der Waals surface area (Å²) in [5.74, 6) is -0.0912. The van der Waals surface area contributed by atoms with Crippen molar-refractivity contribution in [2.75, 3.05) is 7.05 Å². The second-order valence-corrected chi connectivity index (χ2v) is 8.02. The van der Waals surface area contributed by atoms with Crippen molar-refractivity contribution >= 4 is 38.5 Å². The Hall–Kier alpha value is -1.45. The summed E-state index contributed by atoms with van der Waals surface area (Å²) in [5.41, 5.74) is 1.45. The predicted octanol–water partition coefficient (Wildman–Crippen LogP) is 2.77. The van der Waals surface area contributed by atoms with Crippen LogP contribution in [0.5, 0.6) is 0 Å². The summed E-state index contributed by atoms with van der Waals surface area (Å²) in [6.45, 7) is 1.89. The lowest BCUT2D eigenvalue weighted by molar-refractivity contribution is 0.0742. The van der Waals surface area contributed by atoms with Gasteiger partial charge in [0, 0.05) is 16.2 Å². The number of carbonyl (C=O) groups is 1. The molecule has 0 aliphatic heterocycles. The fraction of sp³-hybridized carbons (Fsp3) is 0.188. The first-order valence-electron chi connectivity index (χ1n) is 6.85. The summed E-state index contributed by atoms with van der Waals surface area (Å²) in [4.78, 5) is 14.2. The van der Waals surface area contributed by atoms with E-state index in [0.29, 0.717) is 5.56 Å². The number of halogens is 1. The number of primary sulfonamides is 1. The smallest absolute Gasteiger partial charge is 0.254 e. The zero-order valence-corrected chi connectivity index (χ0v) is 15.7. The Labute approximate surface area is 149 Å².